The molecule has 2 N–H and O–H groups in total. The number of nitrogens with two attached hydrogens (primary N) is 1. The van der Waals surface area contributed by atoms with Gasteiger partial charge in [-0.15, -0.1) is 10.2 Å². The number of hydrogen-bond donors (Lipinski definition) is 1. The Bertz CT molecular complexity index is 492. The first kappa shape index (κ1) is 13.4. The number of hydrogen-bond acceptors (Lipinski definition) is 6. The molecule has 0 saturated carbocycles. The summed E-state index contributed by atoms with van der Waals surface area (Å²) in [7, 11) is -3.57. The molecule has 0 radical (unpaired) electrons. The smallest absolute Gasteiger partial charge is 0.276 e. The largest absolute Gasteiger partial charge is 0.424 e. The number of nitrogens with zero attached hydrogens (tertiary/aromatic N) is 4. The molecule has 1 aliphatic heterocycles. The van der Waals surface area contributed by atoms with Crippen LogP contribution >= 0.6 is 0 Å². The number of rotatable bonds is 4. The lowest BCUT2D eigenvalue weighted by Crippen LogP contribution is -2.50. The third-order valence-corrected chi connectivity index (χ3v) is 3.95. The Morgan fingerprint density at radius 1 is 1.22 bits per heavy atom. The highest BCUT2D eigenvalue weighted by atomic mass is 32.2. The predicted octanol–water partition coefficient (Wildman–Crippen LogP) is -1.05. The van der Waals surface area contributed by atoms with Crippen molar-refractivity contribution in [1.82, 2.24) is 19.4 Å². The zero-order valence-corrected chi connectivity index (χ0v) is 11.1. The zero-order valence-electron chi connectivity index (χ0n) is 10.2. The van der Waals surface area contributed by atoms with E-state index in [1.807, 2.05) is 6.92 Å². The summed E-state index contributed by atoms with van der Waals surface area (Å²) >= 11 is 0. The Morgan fingerprint density at radius 2 is 1.83 bits per heavy atom. The van der Waals surface area contributed by atoms with Crippen molar-refractivity contribution < 1.29 is 12.8 Å². The van der Waals surface area contributed by atoms with Gasteiger partial charge in [-0.2, -0.15) is 12.7 Å². The van der Waals surface area contributed by atoms with Crippen LogP contribution in [-0.4, -0.2) is 54.0 Å². The molecule has 0 amide bonds. The van der Waals surface area contributed by atoms with E-state index in [0.29, 0.717) is 50.9 Å². The summed E-state index contributed by atoms with van der Waals surface area (Å²) in [4.78, 5) is 2.06. The molecule has 102 valence electrons. The molecule has 1 saturated heterocycles. The molecule has 1 aliphatic rings. The molecular formula is C9H17N5O3S. The van der Waals surface area contributed by atoms with Gasteiger partial charge in [0.05, 0.1) is 6.54 Å². The van der Waals surface area contributed by atoms with E-state index in [1.165, 1.54) is 4.31 Å². The van der Waals surface area contributed by atoms with Gasteiger partial charge in [-0.3, -0.25) is 4.90 Å². The van der Waals surface area contributed by atoms with Crippen molar-refractivity contribution in [3.63, 3.8) is 0 Å². The van der Waals surface area contributed by atoms with E-state index >= 15 is 0 Å². The predicted molar refractivity (Wildman–Crippen MR) is 63.6 cm³/mol. The van der Waals surface area contributed by atoms with E-state index < -0.39 is 10.2 Å². The highest BCUT2D eigenvalue weighted by molar-refractivity contribution is 7.86. The molecule has 1 fully saturated rings. The molecule has 0 atom stereocenters. The van der Waals surface area contributed by atoms with Crippen molar-refractivity contribution in [2.75, 3.05) is 26.2 Å². The first-order valence-corrected chi connectivity index (χ1v) is 7.31. The Hall–Kier alpha value is -1.03. The van der Waals surface area contributed by atoms with Crippen LogP contribution in [0.3, 0.4) is 0 Å². The molecule has 0 aliphatic carbocycles. The van der Waals surface area contributed by atoms with Gasteiger partial charge in [0, 0.05) is 32.6 Å². The summed E-state index contributed by atoms with van der Waals surface area (Å²) in [6.45, 7) is 4.51. The Kier molecular flexibility index (Phi) is 3.95. The van der Waals surface area contributed by atoms with Gasteiger partial charge < -0.3 is 4.42 Å². The van der Waals surface area contributed by atoms with Gasteiger partial charge in [0.15, 0.2) is 0 Å². The minimum atomic E-state index is -3.57. The second kappa shape index (κ2) is 5.31. The van der Waals surface area contributed by atoms with Crippen molar-refractivity contribution in [3.8, 4) is 0 Å². The molecule has 9 heteroatoms. The molecule has 0 aromatic carbocycles. The van der Waals surface area contributed by atoms with Gasteiger partial charge in [-0.25, -0.2) is 5.14 Å². The Morgan fingerprint density at radius 3 is 2.33 bits per heavy atom. The van der Waals surface area contributed by atoms with Gasteiger partial charge >= 0.3 is 0 Å². The van der Waals surface area contributed by atoms with Crippen LogP contribution < -0.4 is 5.14 Å². The zero-order chi connectivity index (χ0) is 13.2. The van der Waals surface area contributed by atoms with Crippen LogP contribution in [0.25, 0.3) is 0 Å². The molecule has 2 rings (SSSR count). The van der Waals surface area contributed by atoms with Crippen molar-refractivity contribution in [2.45, 2.75) is 19.9 Å². The van der Waals surface area contributed by atoms with Gasteiger partial charge in [-0.1, -0.05) is 6.92 Å². The maximum absolute atomic E-state index is 11.1. The van der Waals surface area contributed by atoms with Gasteiger partial charge in [0.1, 0.15) is 0 Å². The highest BCUT2D eigenvalue weighted by Gasteiger charge is 2.24. The van der Waals surface area contributed by atoms with E-state index in [0.717, 1.165) is 0 Å². The lowest BCUT2D eigenvalue weighted by molar-refractivity contribution is 0.167. The normalized spacial score (nSPS) is 19.2. The summed E-state index contributed by atoms with van der Waals surface area (Å²) in [5, 5.41) is 12.9. The molecule has 0 spiro atoms. The first-order chi connectivity index (χ1) is 8.49. The molecule has 2 heterocycles. The lowest BCUT2D eigenvalue weighted by Gasteiger charge is -2.31. The second-order valence-corrected chi connectivity index (χ2v) is 5.71. The van der Waals surface area contributed by atoms with Gasteiger partial charge in [-0.05, 0) is 0 Å². The second-order valence-electron chi connectivity index (χ2n) is 4.16. The molecule has 18 heavy (non-hydrogen) atoms. The molecular weight excluding hydrogens is 258 g/mol. The summed E-state index contributed by atoms with van der Waals surface area (Å²) in [5.74, 6) is 1.18. The summed E-state index contributed by atoms with van der Waals surface area (Å²) in [5.41, 5.74) is 0. The van der Waals surface area contributed by atoms with Crippen LogP contribution in [0.2, 0.25) is 0 Å². The maximum Gasteiger partial charge on any atom is 0.276 e. The van der Waals surface area contributed by atoms with Gasteiger partial charge in [0.25, 0.3) is 10.2 Å². The highest BCUT2D eigenvalue weighted by Crippen LogP contribution is 2.09. The monoisotopic (exact) mass is 275 g/mol. The molecule has 0 bridgehead atoms. The third kappa shape index (κ3) is 3.25. The quantitative estimate of drug-likeness (QED) is 0.752. The number of piperazine rings is 1. The van der Waals surface area contributed by atoms with Crippen LogP contribution in [-0.2, 0) is 23.2 Å². The van der Waals surface area contributed by atoms with Crippen LogP contribution in [0, 0.1) is 0 Å². The molecule has 1 aromatic rings. The molecule has 0 unspecified atom stereocenters. The van der Waals surface area contributed by atoms with Crippen molar-refractivity contribution in [2.24, 2.45) is 5.14 Å². The molecule has 1 aromatic heterocycles. The van der Waals surface area contributed by atoms with E-state index in [4.69, 9.17) is 9.56 Å². The van der Waals surface area contributed by atoms with Gasteiger partial charge in [0.2, 0.25) is 11.8 Å². The van der Waals surface area contributed by atoms with E-state index in [2.05, 4.69) is 15.1 Å². The first-order valence-electron chi connectivity index (χ1n) is 5.80. The fraction of sp³-hybridized carbons (Fsp3) is 0.778. The summed E-state index contributed by atoms with van der Waals surface area (Å²) in [6.07, 6.45) is 0.714. The topological polar surface area (TPSA) is 106 Å². The van der Waals surface area contributed by atoms with Crippen molar-refractivity contribution in [3.05, 3.63) is 11.8 Å². The van der Waals surface area contributed by atoms with Crippen LogP contribution in [0.1, 0.15) is 18.7 Å². The number of aromatic nitrogens is 2. The molecule has 8 nitrogen and oxygen atoms in total. The average molecular weight is 275 g/mol. The minimum absolute atomic E-state index is 0.396. The Balaban J connectivity index is 1.87. The van der Waals surface area contributed by atoms with Crippen LogP contribution in [0.4, 0.5) is 0 Å². The van der Waals surface area contributed by atoms with Crippen LogP contribution in [0.5, 0.6) is 0 Å². The van der Waals surface area contributed by atoms with E-state index in [-0.39, 0.29) is 0 Å². The van der Waals surface area contributed by atoms with Crippen molar-refractivity contribution in [1.29, 1.82) is 0 Å². The lowest BCUT2D eigenvalue weighted by atomic mass is 10.3. The fourth-order valence-electron chi connectivity index (χ4n) is 1.83. The minimum Gasteiger partial charge on any atom is -0.424 e. The fourth-order valence-corrected chi connectivity index (χ4v) is 2.50. The van der Waals surface area contributed by atoms with Crippen LogP contribution in [0.15, 0.2) is 4.42 Å². The third-order valence-electron chi connectivity index (χ3n) is 2.86. The number of aryl methyl sites for hydroxylation is 1. The van der Waals surface area contributed by atoms with Crippen molar-refractivity contribution >= 4 is 10.2 Å². The summed E-state index contributed by atoms with van der Waals surface area (Å²) < 4.78 is 29.0. The average Bonchev–Trinajstić information content (AvgIpc) is 2.76. The standard InChI is InChI=1S/C9H17N5O3S/c1-2-8-11-12-9(17-8)7-13-3-5-14(6-4-13)18(10,15)16/h2-7H2,1H3,(H2,10,15,16). The maximum atomic E-state index is 11.1. The van der Waals surface area contributed by atoms with E-state index in [9.17, 15) is 8.42 Å². The summed E-state index contributed by atoms with van der Waals surface area (Å²) in [6, 6.07) is 0. The Labute approximate surface area is 106 Å². The van der Waals surface area contributed by atoms with E-state index in [1.54, 1.807) is 0 Å². The SMILES string of the molecule is CCc1nnc(CN2CCN(S(N)(=O)=O)CC2)o1.